The van der Waals surface area contributed by atoms with Crippen molar-refractivity contribution in [3.63, 3.8) is 0 Å². The van der Waals surface area contributed by atoms with Crippen molar-refractivity contribution in [3.8, 4) is 5.75 Å². The molecule has 0 saturated heterocycles. The molecule has 14 heavy (non-hydrogen) atoms. The summed E-state index contributed by atoms with van der Waals surface area (Å²) in [6.45, 7) is 0. The summed E-state index contributed by atoms with van der Waals surface area (Å²) in [5.74, 6) is 0.335. The SMILES string of the molecule is Oc1ccccc1Sc1ccccc1. The van der Waals surface area contributed by atoms with Gasteiger partial charge in [-0.25, -0.2) is 0 Å². The standard InChI is InChI=1S/C12H10OS/c13-11-8-4-5-9-12(11)14-10-6-2-1-3-7-10/h1-9,13H. The Kier molecular flexibility index (Phi) is 2.75. The zero-order valence-electron chi connectivity index (χ0n) is 7.55. The van der Waals surface area contributed by atoms with Crippen molar-refractivity contribution in [1.29, 1.82) is 0 Å². The van der Waals surface area contributed by atoms with Gasteiger partial charge in [0.05, 0.1) is 4.90 Å². The Morgan fingerprint density at radius 3 is 2.14 bits per heavy atom. The van der Waals surface area contributed by atoms with E-state index in [2.05, 4.69) is 0 Å². The molecule has 0 spiro atoms. The molecule has 1 nitrogen and oxygen atoms in total. The van der Waals surface area contributed by atoms with Crippen LogP contribution in [-0.2, 0) is 0 Å². The molecule has 2 aromatic carbocycles. The van der Waals surface area contributed by atoms with Gasteiger partial charge in [0.2, 0.25) is 0 Å². The molecule has 2 heteroatoms. The second-order valence-corrected chi connectivity index (χ2v) is 4.00. The van der Waals surface area contributed by atoms with E-state index in [4.69, 9.17) is 0 Å². The number of hydrogen-bond donors (Lipinski definition) is 1. The van der Waals surface area contributed by atoms with E-state index in [9.17, 15) is 5.11 Å². The second kappa shape index (κ2) is 4.20. The van der Waals surface area contributed by atoms with E-state index in [1.807, 2.05) is 48.5 Å². The maximum Gasteiger partial charge on any atom is 0.129 e. The third-order valence-corrected chi connectivity index (χ3v) is 2.91. The Bertz CT molecular complexity index is 412. The van der Waals surface area contributed by atoms with E-state index < -0.39 is 0 Å². The molecule has 0 aliphatic heterocycles. The predicted molar refractivity (Wildman–Crippen MR) is 58.7 cm³/mol. The molecular weight excluding hydrogens is 192 g/mol. The molecule has 0 amide bonds. The molecule has 0 aliphatic rings. The molecule has 0 unspecified atom stereocenters. The highest BCUT2D eigenvalue weighted by atomic mass is 32.2. The first-order valence-electron chi connectivity index (χ1n) is 4.37. The van der Waals surface area contributed by atoms with Crippen LogP contribution in [0.3, 0.4) is 0 Å². The summed E-state index contributed by atoms with van der Waals surface area (Å²) in [5, 5.41) is 9.55. The van der Waals surface area contributed by atoms with Gasteiger partial charge in [-0.2, -0.15) is 0 Å². The third kappa shape index (κ3) is 2.09. The Balaban J connectivity index is 2.24. The molecule has 70 valence electrons. The Morgan fingerprint density at radius 1 is 0.786 bits per heavy atom. The quantitative estimate of drug-likeness (QED) is 0.803. The number of phenolic OH excluding ortho intramolecular Hbond substituents is 1. The van der Waals surface area contributed by atoms with Crippen LogP contribution >= 0.6 is 11.8 Å². The summed E-state index contributed by atoms with van der Waals surface area (Å²) >= 11 is 1.56. The van der Waals surface area contributed by atoms with Crippen LogP contribution in [-0.4, -0.2) is 5.11 Å². The lowest BCUT2D eigenvalue weighted by atomic mass is 10.3. The number of rotatable bonds is 2. The summed E-state index contributed by atoms with van der Waals surface area (Å²) in [5.41, 5.74) is 0. The maximum atomic E-state index is 9.55. The minimum absolute atomic E-state index is 0.335. The molecule has 2 rings (SSSR count). The largest absolute Gasteiger partial charge is 0.507 e. The molecule has 0 bridgehead atoms. The Morgan fingerprint density at radius 2 is 1.43 bits per heavy atom. The summed E-state index contributed by atoms with van der Waals surface area (Å²) in [6.07, 6.45) is 0. The normalized spacial score (nSPS) is 10.0. The Hall–Kier alpha value is -1.41. The molecular formula is C12H10OS. The van der Waals surface area contributed by atoms with Crippen LogP contribution in [0, 0.1) is 0 Å². The fraction of sp³-hybridized carbons (Fsp3) is 0. The molecule has 0 fully saturated rings. The van der Waals surface area contributed by atoms with Crippen molar-refractivity contribution >= 4 is 11.8 Å². The monoisotopic (exact) mass is 202 g/mol. The average molecular weight is 202 g/mol. The number of benzene rings is 2. The minimum Gasteiger partial charge on any atom is -0.507 e. The zero-order chi connectivity index (χ0) is 9.80. The Labute approximate surface area is 87.4 Å². The van der Waals surface area contributed by atoms with Crippen LogP contribution in [0.1, 0.15) is 0 Å². The van der Waals surface area contributed by atoms with Crippen LogP contribution in [0.5, 0.6) is 5.75 Å². The van der Waals surface area contributed by atoms with Crippen molar-refractivity contribution in [2.75, 3.05) is 0 Å². The highest BCUT2D eigenvalue weighted by molar-refractivity contribution is 7.99. The van der Waals surface area contributed by atoms with Gasteiger partial charge in [0, 0.05) is 4.90 Å². The summed E-state index contributed by atoms with van der Waals surface area (Å²) in [6, 6.07) is 17.4. The number of para-hydroxylation sites is 1. The van der Waals surface area contributed by atoms with Crippen LogP contribution in [0.2, 0.25) is 0 Å². The third-order valence-electron chi connectivity index (χ3n) is 1.84. The van der Waals surface area contributed by atoms with E-state index in [1.165, 1.54) is 0 Å². The average Bonchev–Trinajstić information content (AvgIpc) is 2.23. The zero-order valence-corrected chi connectivity index (χ0v) is 8.37. The van der Waals surface area contributed by atoms with Gasteiger partial charge < -0.3 is 5.11 Å². The van der Waals surface area contributed by atoms with E-state index in [0.29, 0.717) is 5.75 Å². The van der Waals surface area contributed by atoms with Gasteiger partial charge in [0.15, 0.2) is 0 Å². The van der Waals surface area contributed by atoms with Gasteiger partial charge >= 0.3 is 0 Å². The summed E-state index contributed by atoms with van der Waals surface area (Å²) in [4.78, 5) is 2.02. The van der Waals surface area contributed by atoms with Crippen molar-refractivity contribution in [3.05, 3.63) is 54.6 Å². The fourth-order valence-corrected chi connectivity index (χ4v) is 2.03. The highest BCUT2D eigenvalue weighted by Gasteiger charge is 2.00. The van der Waals surface area contributed by atoms with Gasteiger partial charge in [0.1, 0.15) is 5.75 Å². The second-order valence-electron chi connectivity index (χ2n) is 2.88. The first-order chi connectivity index (χ1) is 6.86. The van der Waals surface area contributed by atoms with Gasteiger partial charge in [-0.05, 0) is 24.3 Å². The lowest BCUT2D eigenvalue weighted by molar-refractivity contribution is 0.462. The molecule has 0 aliphatic carbocycles. The van der Waals surface area contributed by atoms with Crippen molar-refractivity contribution in [2.45, 2.75) is 9.79 Å². The first kappa shape index (κ1) is 9.16. The lowest BCUT2D eigenvalue weighted by Gasteiger charge is -2.02. The molecule has 0 aromatic heterocycles. The smallest absolute Gasteiger partial charge is 0.129 e. The first-order valence-corrected chi connectivity index (χ1v) is 5.19. The van der Waals surface area contributed by atoms with E-state index in [0.717, 1.165) is 9.79 Å². The van der Waals surface area contributed by atoms with Gasteiger partial charge in [0.25, 0.3) is 0 Å². The van der Waals surface area contributed by atoms with Crippen LogP contribution in [0.4, 0.5) is 0 Å². The van der Waals surface area contributed by atoms with Gasteiger partial charge in [-0.15, -0.1) is 0 Å². The molecule has 0 saturated carbocycles. The van der Waals surface area contributed by atoms with Crippen LogP contribution in [0.25, 0.3) is 0 Å². The summed E-state index contributed by atoms with van der Waals surface area (Å²) < 4.78 is 0. The molecule has 0 atom stereocenters. The maximum absolute atomic E-state index is 9.55. The summed E-state index contributed by atoms with van der Waals surface area (Å²) in [7, 11) is 0. The molecule has 0 radical (unpaired) electrons. The minimum atomic E-state index is 0.335. The lowest BCUT2D eigenvalue weighted by Crippen LogP contribution is -1.73. The van der Waals surface area contributed by atoms with E-state index in [1.54, 1.807) is 17.8 Å². The van der Waals surface area contributed by atoms with Gasteiger partial charge in [-0.1, -0.05) is 42.1 Å². The highest BCUT2D eigenvalue weighted by Crippen LogP contribution is 2.33. The van der Waals surface area contributed by atoms with Crippen molar-refractivity contribution in [1.82, 2.24) is 0 Å². The molecule has 0 heterocycles. The molecule has 2 aromatic rings. The number of phenols is 1. The van der Waals surface area contributed by atoms with Gasteiger partial charge in [-0.3, -0.25) is 0 Å². The van der Waals surface area contributed by atoms with Crippen molar-refractivity contribution < 1.29 is 5.11 Å². The fourth-order valence-electron chi connectivity index (χ4n) is 1.16. The number of aromatic hydroxyl groups is 1. The van der Waals surface area contributed by atoms with E-state index in [-0.39, 0.29) is 0 Å². The van der Waals surface area contributed by atoms with Crippen molar-refractivity contribution in [2.24, 2.45) is 0 Å². The molecule has 1 N–H and O–H groups in total. The van der Waals surface area contributed by atoms with Crippen LogP contribution in [0.15, 0.2) is 64.4 Å². The number of hydrogen-bond acceptors (Lipinski definition) is 2. The topological polar surface area (TPSA) is 20.2 Å². The van der Waals surface area contributed by atoms with E-state index >= 15 is 0 Å². The van der Waals surface area contributed by atoms with Crippen LogP contribution < -0.4 is 0 Å². The predicted octanol–water partition coefficient (Wildman–Crippen LogP) is 3.54.